The van der Waals surface area contributed by atoms with Gasteiger partial charge < -0.3 is 10.5 Å². The Balaban J connectivity index is 2.23. The Labute approximate surface area is 113 Å². The minimum atomic E-state index is -1.39. The van der Waals surface area contributed by atoms with E-state index < -0.39 is 16.6 Å². The second-order valence-electron chi connectivity index (χ2n) is 4.02. The quantitative estimate of drug-likeness (QED) is 0.875. The van der Waals surface area contributed by atoms with Crippen LogP contribution in [0.2, 0.25) is 0 Å². The van der Waals surface area contributed by atoms with Crippen molar-refractivity contribution in [1.82, 2.24) is 0 Å². The average molecular weight is 279 g/mol. The molecule has 1 atom stereocenters. The summed E-state index contributed by atoms with van der Waals surface area (Å²) in [6.45, 7) is 0. The number of hydrogen-bond donors (Lipinski definition) is 1. The van der Waals surface area contributed by atoms with Crippen LogP contribution in [0.5, 0.6) is 5.75 Å². The molecule has 0 bridgehead atoms. The molecule has 0 saturated carbocycles. The van der Waals surface area contributed by atoms with Gasteiger partial charge in [-0.3, -0.25) is 4.21 Å². The summed E-state index contributed by atoms with van der Waals surface area (Å²) in [7, 11) is 0.183. The Morgan fingerprint density at radius 1 is 1.26 bits per heavy atom. The predicted molar refractivity (Wildman–Crippen MR) is 73.9 cm³/mol. The maximum Gasteiger partial charge on any atom is 0.124 e. The first-order chi connectivity index (χ1) is 9.10. The molecule has 0 amide bonds. The van der Waals surface area contributed by atoms with Crippen molar-refractivity contribution in [1.29, 1.82) is 0 Å². The molecule has 0 saturated heterocycles. The normalized spacial score (nSPS) is 12.1. The van der Waals surface area contributed by atoms with Crippen LogP contribution in [0.1, 0.15) is 5.56 Å². The van der Waals surface area contributed by atoms with Gasteiger partial charge in [-0.25, -0.2) is 4.39 Å². The van der Waals surface area contributed by atoms with Gasteiger partial charge in [0.25, 0.3) is 0 Å². The molecule has 5 heteroatoms. The first-order valence-corrected chi connectivity index (χ1v) is 6.98. The number of methoxy groups -OCH3 is 1. The van der Waals surface area contributed by atoms with E-state index in [1.807, 2.05) is 18.2 Å². The van der Waals surface area contributed by atoms with Crippen molar-refractivity contribution in [3.63, 3.8) is 0 Å². The van der Waals surface area contributed by atoms with Gasteiger partial charge in [0.1, 0.15) is 11.6 Å². The van der Waals surface area contributed by atoms with Gasteiger partial charge in [-0.15, -0.1) is 0 Å². The van der Waals surface area contributed by atoms with Crippen molar-refractivity contribution in [3.05, 3.63) is 53.8 Å². The van der Waals surface area contributed by atoms with Crippen LogP contribution in [0.25, 0.3) is 0 Å². The molecule has 2 N–H and O–H groups in total. The molecule has 2 aromatic rings. The van der Waals surface area contributed by atoms with Crippen molar-refractivity contribution in [2.45, 2.75) is 10.6 Å². The maximum absolute atomic E-state index is 13.2. The topological polar surface area (TPSA) is 52.3 Å². The monoisotopic (exact) mass is 279 g/mol. The Morgan fingerprint density at radius 2 is 2.05 bits per heavy atom. The number of anilines is 1. The number of benzene rings is 2. The first kappa shape index (κ1) is 13.5. The van der Waals surface area contributed by atoms with Crippen LogP contribution in [0.15, 0.2) is 47.4 Å². The number of nitrogen functional groups attached to an aromatic ring is 1. The van der Waals surface area contributed by atoms with E-state index in [-0.39, 0.29) is 5.75 Å². The van der Waals surface area contributed by atoms with Gasteiger partial charge in [-0.2, -0.15) is 0 Å². The van der Waals surface area contributed by atoms with E-state index >= 15 is 0 Å². The molecule has 2 rings (SSSR count). The smallest absolute Gasteiger partial charge is 0.124 e. The maximum atomic E-state index is 13.2. The third-order valence-corrected chi connectivity index (χ3v) is 4.09. The van der Waals surface area contributed by atoms with Gasteiger partial charge in [0.2, 0.25) is 0 Å². The summed E-state index contributed by atoms with van der Waals surface area (Å²) in [5.74, 6) is 0.523. The molecule has 19 heavy (non-hydrogen) atoms. The van der Waals surface area contributed by atoms with Crippen molar-refractivity contribution in [2.75, 3.05) is 12.8 Å². The zero-order valence-corrected chi connectivity index (χ0v) is 11.2. The fourth-order valence-corrected chi connectivity index (χ4v) is 2.91. The van der Waals surface area contributed by atoms with Crippen molar-refractivity contribution in [2.24, 2.45) is 0 Å². The summed E-state index contributed by atoms with van der Waals surface area (Å²) < 4.78 is 30.5. The van der Waals surface area contributed by atoms with E-state index in [4.69, 9.17) is 10.5 Å². The molecule has 1 unspecified atom stereocenters. The molecule has 2 aromatic carbocycles. The lowest BCUT2D eigenvalue weighted by molar-refractivity contribution is 0.414. The van der Waals surface area contributed by atoms with E-state index in [0.717, 1.165) is 5.56 Å². The summed E-state index contributed by atoms with van der Waals surface area (Å²) in [5.41, 5.74) is 6.90. The lowest BCUT2D eigenvalue weighted by atomic mass is 10.2. The van der Waals surface area contributed by atoms with E-state index in [0.29, 0.717) is 16.3 Å². The molecule has 0 aromatic heterocycles. The van der Waals surface area contributed by atoms with E-state index in [2.05, 4.69) is 0 Å². The van der Waals surface area contributed by atoms with Crippen LogP contribution in [0.3, 0.4) is 0 Å². The average Bonchev–Trinajstić information content (AvgIpc) is 2.41. The molecule has 0 aliphatic rings. The van der Waals surface area contributed by atoms with Crippen molar-refractivity contribution >= 4 is 16.5 Å². The van der Waals surface area contributed by atoms with Gasteiger partial charge in [0.05, 0.1) is 28.6 Å². The van der Waals surface area contributed by atoms with Crippen LogP contribution in [0.4, 0.5) is 10.1 Å². The van der Waals surface area contributed by atoms with Gasteiger partial charge in [-0.1, -0.05) is 12.1 Å². The zero-order chi connectivity index (χ0) is 13.8. The predicted octanol–water partition coefficient (Wildman–Crippen LogP) is 2.72. The standard InChI is InChI=1S/C14H14FNO2S/c1-18-12-4-2-3-10(7-12)9-19(17)14-8-11(15)5-6-13(14)16/h2-8H,9,16H2,1H3. The molecule has 0 fully saturated rings. The van der Waals surface area contributed by atoms with Crippen LogP contribution in [-0.4, -0.2) is 11.3 Å². The Hall–Kier alpha value is -1.88. The molecule has 100 valence electrons. The van der Waals surface area contributed by atoms with Crippen molar-refractivity contribution < 1.29 is 13.3 Å². The zero-order valence-electron chi connectivity index (χ0n) is 10.4. The van der Waals surface area contributed by atoms with Crippen molar-refractivity contribution in [3.8, 4) is 5.75 Å². The minimum Gasteiger partial charge on any atom is -0.497 e. The highest BCUT2D eigenvalue weighted by Gasteiger charge is 2.10. The SMILES string of the molecule is COc1cccc(CS(=O)c2cc(F)ccc2N)c1. The first-order valence-electron chi connectivity index (χ1n) is 5.66. The third-order valence-electron chi connectivity index (χ3n) is 2.65. The summed E-state index contributed by atoms with van der Waals surface area (Å²) >= 11 is 0. The molecular formula is C14H14FNO2S. The van der Waals surface area contributed by atoms with Gasteiger partial charge in [-0.05, 0) is 35.9 Å². The summed E-state index contributed by atoms with van der Waals surface area (Å²) in [6.07, 6.45) is 0. The summed E-state index contributed by atoms with van der Waals surface area (Å²) in [5, 5.41) is 0. The Bertz CT molecular complexity index is 616. The van der Waals surface area contributed by atoms with Gasteiger partial charge in [0.15, 0.2) is 0 Å². The van der Waals surface area contributed by atoms with Crippen LogP contribution in [0, 0.1) is 5.82 Å². The minimum absolute atomic E-state index is 0.269. The van der Waals surface area contributed by atoms with Crippen LogP contribution < -0.4 is 10.5 Å². The van der Waals surface area contributed by atoms with Gasteiger partial charge >= 0.3 is 0 Å². The molecule has 0 heterocycles. The van der Waals surface area contributed by atoms with Crippen LogP contribution >= 0.6 is 0 Å². The summed E-state index contributed by atoms with van der Waals surface area (Å²) in [4.78, 5) is 0.322. The summed E-state index contributed by atoms with van der Waals surface area (Å²) in [6, 6.07) is 11.2. The van der Waals surface area contributed by atoms with E-state index in [1.54, 1.807) is 13.2 Å². The Kier molecular flexibility index (Phi) is 4.16. The number of ether oxygens (including phenoxy) is 1. The number of rotatable bonds is 4. The second-order valence-corrected chi connectivity index (χ2v) is 5.44. The fourth-order valence-electron chi connectivity index (χ4n) is 1.70. The third kappa shape index (κ3) is 3.32. The van der Waals surface area contributed by atoms with E-state index in [9.17, 15) is 8.60 Å². The van der Waals surface area contributed by atoms with Crippen LogP contribution in [-0.2, 0) is 16.6 Å². The number of halogens is 1. The highest BCUT2D eigenvalue weighted by molar-refractivity contribution is 7.84. The highest BCUT2D eigenvalue weighted by atomic mass is 32.2. The number of nitrogens with two attached hydrogens (primary N) is 1. The highest BCUT2D eigenvalue weighted by Crippen LogP contribution is 2.21. The molecule has 3 nitrogen and oxygen atoms in total. The number of hydrogen-bond acceptors (Lipinski definition) is 3. The molecular weight excluding hydrogens is 265 g/mol. The fraction of sp³-hybridized carbons (Fsp3) is 0.143. The lowest BCUT2D eigenvalue weighted by Crippen LogP contribution is -2.01. The lowest BCUT2D eigenvalue weighted by Gasteiger charge is -2.07. The largest absolute Gasteiger partial charge is 0.497 e. The van der Waals surface area contributed by atoms with Gasteiger partial charge in [0, 0.05) is 5.69 Å². The molecule has 0 aliphatic heterocycles. The molecule has 0 spiro atoms. The Morgan fingerprint density at radius 3 is 2.79 bits per heavy atom. The molecule has 0 radical (unpaired) electrons. The molecule has 0 aliphatic carbocycles. The van der Waals surface area contributed by atoms with E-state index in [1.165, 1.54) is 18.2 Å². The second kappa shape index (κ2) is 5.84.